The van der Waals surface area contributed by atoms with Crippen LogP contribution in [0, 0.1) is 0 Å². The number of hydrazone groups is 1. The van der Waals surface area contributed by atoms with Gasteiger partial charge in [-0.05, 0) is 42.6 Å². The lowest BCUT2D eigenvalue weighted by molar-refractivity contribution is 0.334. The molecule has 5 aromatic rings. The second kappa shape index (κ2) is 9.72. The SMILES string of the molecule is CCOc1ccccc1C1CC(c2cccs2)=NN1c1nc(-c2ccc(Cl)cc2)c2ccccc2n1. The Kier molecular flexibility index (Phi) is 6.13. The molecule has 0 fully saturated rings. The fraction of sp³-hybridized carbons (Fsp3) is 0.138. The van der Waals surface area contributed by atoms with E-state index in [4.69, 9.17) is 31.4 Å². The molecule has 3 heterocycles. The Labute approximate surface area is 218 Å². The number of hydrogen-bond donors (Lipinski definition) is 0. The maximum Gasteiger partial charge on any atom is 0.247 e. The van der Waals surface area contributed by atoms with Crippen LogP contribution in [0.25, 0.3) is 22.2 Å². The van der Waals surface area contributed by atoms with Crippen LogP contribution in [0.2, 0.25) is 5.02 Å². The summed E-state index contributed by atoms with van der Waals surface area (Å²) < 4.78 is 6.01. The first-order chi connectivity index (χ1) is 17.7. The number of nitrogens with zero attached hydrogens (tertiary/aromatic N) is 4. The van der Waals surface area contributed by atoms with Gasteiger partial charge < -0.3 is 4.74 Å². The molecule has 0 amide bonds. The minimum atomic E-state index is -0.0934. The highest BCUT2D eigenvalue weighted by molar-refractivity contribution is 7.12. The topological polar surface area (TPSA) is 50.6 Å². The van der Waals surface area contributed by atoms with Crippen molar-refractivity contribution in [3.63, 3.8) is 0 Å². The maximum atomic E-state index is 6.17. The fourth-order valence-corrected chi connectivity index (χ4v) is 5.41. The Bertz CT molecular complexity index is 1550. The van der Waals surface area contributed by atoms with Crippen molar-refractivity contribution in [3.05, 3.63) is 106 Å². The molecular formula is C29H23ClN4OS. The second-order valence-corrected chi connectivity index (χ2v) is 9.84. The molecule has 0 spiro atoms. The minimum absolute atomic E-state index is 0.0934. The van der Waals surface area contributed by atoms with Gasteiger partial charge in [0.15, 0.2) is 0 Å². The van der Waals surface area contributed by atoms with E-state index < -0.39 is 0 Å². The number of benzene rings is 3. The molecule has 3 aromatic carbocycles. The van der Waals surface area contributed by atoms with Crippen LogP contribution >= 0.6 is 22.9 Å². The number of rotatable bonds is 6. The molecule has 178 valence electrons. The summed E-state index contributed by atoms with van der Waals surface area (Å²) in [7, 11) is 0. The zero-order chi connectivity index (χ0) is 24.5. The highest BCUT2D eigenvalue weighted by Crippen LogP contribution is 2.41. The molecule has 0 saturated carbocycles. The highest BCUT2D eigenvalue weighted by atomic mass is 35.5. The molecular weight excluding hydrogens is 488 g/mol. The van der Waals surface area contributed by atoms with E-state index in [0.717, 1.165) is 50.5 Å². The van der Waals surface area contributed by atoms with Crippen molar-refractivity contribution in [3.8, 4) is 17.0 Å². The number of ether oxygens (including phenoxy) is 1. The number of para-hydroxylation sites is 2. The van der Waals surface area contributed by atoms with Crippen molar-refractivity contribution >= 4 is 45.5 Å². The Hall–Kier alpha value is -3.74. The van der Waals surface area contributed by atoms with Crippen LogP contribution in [0.15, 0.2) is 95.4 Å². The smallest absolute Gasteiger partial charge is 0.247 e. The van der Waals surface area contributed by atoms with Gasteiger partial charge in [-0.15, -0.1) is 11.3 Å². The van der Waals surface area contributed by atoms with Gasteiger partial charge in [0.05, 0.1) is 34.4 Å². The predicted octanol–water partition coefficient (Wildman–Crippen LogP) is 7.77. The van der Waals surface area contributed by atoms with Crippen LogP contribution in [-0.4, -0.2) is 22.3 Å². The number of aromatic nitrogens is 2. The van der Waals surface area contributed by atoms with Gasteiger partial charge in [-0.1, -0.05) is 66.2 Å². The van der Waals surface area contributed by atoms with E-state index in [2.05, 4.69) is 29.6 Å². The Balaban J connectivity index is 1.53. The van der Waals surface area contributed by atoms with Gasteiger partial charge in [-0.3, -0.25) is 0 Å². The lowest BCUT2D eigenvalue weighted by Crippen LogP contribution is -2.22. The summed E-state index contributed by atoms with van der Waals surface area (Å²) in [6.45, 7) is 2.59. The van der Waals surface area contributed by atoms with Crippen molar-refractivity contribution < 1.29 is 4.74 Å². The predicted molar refractivity (Wildman–Crippen MR) is 148 cm³/mol. The van der Waals surface area contributed by atoms with Crippen LogP contribution in [-0.2, 0) is 0 Å². The summed E-state index contributed by atoms with van der Waals surface area (Å²) in [5, 5.41) is 10.8. The monoisotopic (exact) mass is 510 g/mol. The third-order valence-electron chi connectivity index (χ3n) is 6.21. The lowest BCUT2D eigenvalue weighted by Gasteiger charge is -2.24. The molecule has 0 aliphatic carbocycles. The van der Waals surface area contributed by atoms with Gasteiger partial charge in [0.1, 0.15) is 5.75 Å². The number of fused-ring (bicyclic) bond motifs is 1. The van der Waals surface area contributed by atoms with E-state index in [-0.39, 0.29) is 6.04 Å². The molecule has 36 heavy (non-hydrogen) atoms. The zero-order valence-corrected chi connectivity index (χ0v) is 21.2. The van der Waals surface area contributed by atoms with Crippen LogP contribution in [0.5, 0.6) is 5.75 Å². The molecule has 1 aliphatic heterocycles. The third kappa shape index (κ3) is 4.23. The summed E-state index contributed by atoms with van der Waals surface area (Å²) in [6, 6.07) is 28.1. The van der Waals surface area contributed by atoms with Crippen LogP contribution < -0.4 is 9.75 Å². The molecule has 0 N–H and O–H groups in total. The summed E-state index contributed by atoms with van der Waals surface area (Å²) in [5.74, 6) is 1.41. The molecule has 0 saturated heterocycles. The maximum absolute atomic E-state index is 6.17. The van der Waals surface area contributed by atoms with Gasteiger partial charge in [-0.25, -0.2) is 15.0 Å². The molecule has 0 bridgehead atoms. The minimum Gasteiger partial charge on any atom is -0.494 e. The first-order valence-corrected chi connectivity index (χ1v) is 13.1. The normalized spacial score (nSPS) is 15.3. The Morgan fingerprint density at radius 1 is 0.944 bits per heavy atom. The largest absolute Gasteiger partial charge is 0.494 e. The lowest BCUT2D eigenvalue weighted by atomic mass is 10.00. The van der Waals surface area contributed by atoms with E-state index in [1.165, 1.54) is 0 Å². The van der Waals surface area contributed by atoms with E-state index in [9.17, 15) is 0 Å². The number of thiophene rings is 1. The Morgan fingerprint density at radius 3 is 2.56 bits per heavy atom. The van der Waals surface area contributed by atoms with Crippen molar-refractivity contribution in [2.45, 2.75) is 19.4 Å². The summed E-state index contributed by atoms with van der Waals surface area (Å²) in [5.41, 5.74) is 4.78. The van der Waals surface area contributed by atoms with Gasteiger partial charge >= 0.3 is 0 Å². The van der Waals surface area contributed by atoms with E-state index >= 15 is 0 Å². The molecule has 1 aliphatic rings. The molecule has 5 nitrogen and oxygen atoms in total. The van der Waals surface area contributed by atoms with Crippen LogP contribution in [0.4, 0.5) is 5.95 Å². The first kappa shape index (κ1) is 22.7. The van der Waals surface area contributed by atoms with Crippen LogP contribution in [0.1, 0.15) is 29.8 Å². The van der Waals surface area contributed by atoms with Crippen molar-refractivity contribution in [2.24, 2.45) is 5.10 Å². The quantitative estimate of drug-likeness (QED) is 0.234. The first-order valence-electron chi connectivity index (χ1n) is 11.9. The molecule has 7 heteroatoms. The summed E-state index contributed by atoms with van der Waals surface area (Å²) >= 11 is 7.87. The van der Waals surface area contributed by atoms with Gasteiger partial charge in [0.25, 0.3) is 0 Å². The van der Waals surface area contributed by atoms with Crippen LogP contribution in [0.3, 0.4) is 0 Å². The molecule has 2 aromatic heterocycles. The average Bonchev–Trinajstić information content (AvgIpc) is 3.60. The molecule has 6 rings (SSSR count). The zero-order valence-electron chi connectivity index (χ0n) is 19.6. The number of hydrogen-bond acceptors (Lipinski definition) is 6. The summed E-state index contributed by atoms with van der Waals surface area (Å²) in [6.07, 6.45) is 0.733. The van der Waals surface area contributed by atoms with E-state index in [1.54, 1.807) is 11.3 Å². The number of halogens is 1. The Morgan fingerprint density at radius 2 is 1.75 bits per heavy atom. The fourth-order valence-electron chi connectivity index (χ4n) is 4.57. The second-order valence-electron chi connectivity index (χ2n) is 8.46. The number of anilines is 1. The van der Waals surface area contributed by atoms with Crippen molar-refractivity contribution in [2.75, 3.05) is 11.6 Å². The van der Waals surface area contributed by atoms with Crippen molar-refractivity contribution in [1.29, 1.82) is 0 Å². The average molecular weight is 511 g/mol. The summed E-state index contributed by atoms with van der Waals surface area (Å²) in [4.78, 5) is 11.2. The van der Waals surface area contributed by atoms with Gasteiger partial charge in [-0.2, -0.15) is 5.10 Å². The highest BCUT2D eigenvalue weighted by Gasteiger charge is 2.34. The van der Waals surface area contributed by atoms with Gasteiger partial charge in [0.2, 0.25) is 5.95 Å². The van der Waals surface area contributed by atoms with E-state index in [0.29, 0.717) is 17.6 Å². The third-order valence-corrected chi connectivity index (χ3v) is 7.38. The molecule has 1 atom stereocenters. The standard InChI is InChI=1S/C29H23ClN4OS/c1-2-35-26-11-6-4-9-22(26)25-18-24(27-12-7-17-36-27)33-34(25)29-31-23-10-5-3-8-21(23)28(32-29)19-13-15-20(30)16-14-19/h3-17,25H,2,18H2,1H3. The van der Waals surface area contributed by atoms with E-state index in [1.807, 2.05) is 72.6 Å². The molecule has 1 unspecified atom stereocenters. The van der Waals surface area contributed by atoms with Crippen molar-refractivity contribution in [1.82, 2.24) is 9.97 Å². The molecule has 0 radical (unpaired) electrons. The van der Waals surface area contributed by atoms with Gasteiger partial charge in [0, 0.05) is 28.0 Å².